The molecule has 0 aliphatic heterocycles. The summed E-state index contributed by atoms with van der Waals surface area (Å²) in [6.07, 6.45) is 2.04. The number of benzene rings is 1. The first-order valence-electron chi connectivity index (χ1n) is 4.79. The Morgan fingerprint density at radius 1 is 1.50 bits per heavy atom. The van der Waals surface area contributed by atoms with E-state index in [0.717, 1.165) is 24.0 Å². The number of hydrogen-bond acceptors (Lipinski definition) is 2. The monoisotopic (exact) mass is 195 g/mol. The van der Waals surface area contributed by atoms with Gasteiger partial charge in [-0.1, -0.05) is 0 Å². The van der Waals surface area contributed by atoms with Gasteiger partial charge < -0.3 is 10.8 Å². The van der Waals surface area contributed by atoms with Gasteiger partial charge in [-0.15, -0.1) is 0 Å². The minimum atomic E-state index is -0.551. The first kappa shape index (κ1) is 9.46. The molecule has 0 bridgehead atoms. The SMILES string of the molecule is Cc1cc(O)c(F)cc1C1(CN)CC1. The Labute approximate surface area is 82.5 Å². The second-order valence-electron chi connectivity index (χ2n) is 4.10. The molecule has 1 aromatic carbocycles. The fourth-order valence-corrected chi connectivity index (χ4v) is 1.97. The summed E-state index contributed by atoms with van der Waals surface area (Å²) in [6, 6.07) is 2.89. The number of phenolic OH excluding ortho intramolecular Hbond substituents is 1. The number of nitrogens with two attached hydrogens (primary N) is 1. The van der Waals surface area contributed by atoms with Crippen LogP contribution in [0.5, 0.6) is 5.75 Å². The molecule has 1 aliphatic rings. The topological polar surface area (TPSA) is 46.2 Å². The van der Waals surface area contributed by atoms with E-state index in [1.165, 1.54) is 12.1 Å². The summed E-state index contributed by atoms with van der Waals surface area (Å²) in [6.45, 7) is 2.43. The molecule has 1 fully saturated rings. The number of hydrogen-bond donors (Lipinski definition) is 2. The summed E-state index contributed by atoms with van der Waals surface area (Å²) in [5.74, 6) is -0.829. The molecule has 0 saturated heterocycles. The van der Waals surface area contributed by atoms with E-state index in [-0.39, 0.29) is 11.2 Å². The van der Waals surface area contributed by atoms with Crippen molar-refractivity contribution >= 4 is 0 Å². The smallest absolute Gasteiger partial charge is 0.165 e. The third-order valence-electron chi connectivity index (χ3n) is 3.11. The van der Waals surface area contributed by atoms with Crippen LogP contribution < -0.4 is 5.73 Å². The first-order valence-corrected chi connectivity index (χ1v) is 4.79. The summed E-state index contributed by atoms with van der Waals surface area (Å²) in [5.41, 5.74) is 7.53. The van der Waals surface area contributed by atoms with Crippen LogP contribution >= 0.6 is 0 Å². The summed E-state index contributed by atoms with van der Waals surface area (Å²) < 4.78 is 13.2. The maximum atomic E-state index is 13.2. The number of aryl methyl sites for hydroxylation is 1. The summed E-state index contributed by atoms with van der Waals surface area (Å²) >= 11 is 0. The van der Waals surface area contributed by atoms with Crippen LogP contribution in [0, 0.1) is 12.7 Å². The van der Waals surface area contributed by atoms with Crippen LogP contribution in [0.25, 0.3) is 0 Å². The third-order valence-corrected chi connectivity index (χ3v) is 3.11. The van der Waals surface area contributed by atoms with Gasteiger partial charge in [0, 0.05) is 12.0 Å². The van der Waals surface area contributed by atoms with Crippen molar-refractivity contribution in [2.24, 2.45) is 5.73 Å². The van der Waals surface area contributed by atoms with Crippen molar-refractivity contribution in [2.45, 2.75) is 25.2 Å². The third kappa shape index (κ3) is 1.28. The van der Waals surface area contributed by atoms with Crippen molar-refractivity contribution in [3.05, 3.63) is 29.1 Å². The van der Waals surface area contributed by atoms with Crippen LogP contribution in [0.1, 0.15) is 24.0 Å². The van der Waals surface area contributed by atoms with E-state index in [2.05, 4.69) is 0 Å². The van der Waals surface area contributed by atoms with Crippen molar-refractivity contribution in [1.82, 2.24) is 0 Å². The van der Waals surface area contributed by atoms with Crippen LogP contribution in [-0.4, -0.2) is 11.7 Å². The molecule has 2 nitrogen and oxygen atoms in total. The lowest BCUT2D eigenvalue weighted by atomic mass is 9.92. The van der Waals surface area contributed by atoms with Gasteiger partial charge in [-0.05, 0) is 43.0 Å². The Morgan fingerprint density at radius 3 is 2.64 bits per heavy atom. The number of phenols is 1. The van der Waals surface area contributed by atoms with E-state index >= 15 is 0 Å². The quantitative estimate of drug-likeness (QED) is 0.756. The highest BCUT2D eigenvalue weighted by molar-refractivity contribution is 5.43. The predicted octanol–water partition coefficient (Wildman–Crippen LogP) is 1.83. The van der Waals surface area contributed by atoms with Crippen molar-refractivity contribution in [3.8, 4) is 5.75 Å². The fraction of sp³-hybridized carbons (Fsp3) is 0.455. The molecule has 1 aromatic rings. The molecule has 0 atom stereocenters. The normalized spacial score (nSPS) is 18.2. The zero-order valence-corrected chi connectivity index (χ0v) is 8.18. The average molecular weight is 195 g/mol. The molecule has 0 heterocycles. The predicted molar refractivity (Wildman–Crippen MR) is 52.8 cm³/mol. The Bertz CT molecular complexity index is 372. The highest BCUT2D eigenvalue weighted by Gasteiger charge is 2.44. The highest BCUT2D eigenvalue weighted by atomic mass is 19.1. The fourth-order valence-electron chi connectivity index (χ4n) is 1.97. The van der Waals surface area contributed by atoms with Crippen LogP contribution in [0.4, 0.5) is 4.39 Å². The van der Waals surface area contributed by atoms with Gasteiger partial charge in [0.05, 0.1) is 0 Å². The summed E-state index contributed by atoms with van der Waals surface area (Å²) in [5, 5.41) is 9.18. The minimum absolute atomic E-state index is 0.0153. The first-order chi connectivity index (χ1) is 6.59. The number of rotatable bonds is 2. The largest absolute Gasteiger partial charge is 0.505 e. The molecular formula is C11H14FNO. The standard InChI is InChI=1S/C11H14FNO/c1-7-4-10(14)9(12)5-8(7)11(6-13)2-3-11/h4-5,14H,2-3,6,13H2,1H3. The molecular weight excluding hydrogens is 181 g/mol. The molecule has 0 amide bonds. The van der Waals surface area contributed by atoms with E-state index < -0.39 is 5.82 Å². The zero-order valence-electron chi connectivity index (χ0n) is 8.18. The number of halogens is 1. The van der Waals surface area contributed by atoms with Gasteiger partial charge in [-0.2, -0.15) is 0 Å². The van der Waals surface area contributed by atoms with Crippen molar-refractivity contribution in [3.63, 3.8) is 0 Å². The molecule has 14 heavy (non-hydrogen) atoms. The van der Waals surface area contributed by atoms with Gasteiger partial charge in [0.25, 0.3) is 0 Å². The van der Waals surface area contributed by atoms with E-state index in [9.17, 15) is 9.50 Å². The Hall–Kier alpha value is -1.09. The molecule has 2 rings (SSSR count). The summed E-state index contributed by atoms with van der Waals surface area (Å²) in [7, 11) is 0. The zero-order chi connectivity index (χ0) is 10.3. The molecule has 0 radical (unpaired) electrons. The van der Waals surface area contributed by atoms with Crippen LogP contribution in [-0.2, 0) is 5.41 Å². The van der Waals surface area contributed by atoms with E-state index in [0.29, 0.717) is 6.54 Å². The number of aromatic hydroxyl groups is 1. The average Bonchev–Trinajstić information content (AvgIpc) is 2.92. The van der Waals surface area contributed by atoms with Gasteiger partial charge in [0.15, 0.2) is 11.6 Å². The van der Waals surface area contributed by atoms with Crippen LogP contribution in [0.15, 0.2) is 12.1 Å². The molecule has 1 saturated carbocycles. The summed E-state index contributed by atoms with van der Waals surface area (Å²) in [4.78, 5) is 0. The maximum Gasteiger partial charge on any atom is 0.165 e. The lowest BCUT2D eigenvalue weighted by Crippen LogP contribution is -2.20. The molecule has 76 valence electrons. The van der Waals surface area contributed by atoms with Gasteiger partial charge in [0.1, 0.15) is 0 Å². The van der Waals surface area contributed by atoms with Gasteiger partial charge in [-0.25, -0.2) is 4.39 Å². The van der Waals surface area contributed by atoms with Crippen LogP contribution in [0.2, 0.25) is 0 Å². The van der Waals surface area contributed by atoms with E-state index in [4.69, 9.17) is 5.73 Å². The van der Waals surface area contributed by atoms with Gasteiger partial charge in [-0.3, -0.25) is 0 Å². The van der Waals surface area contributed by atoms with E-state index in [1.54, 1.807) is 0 Å². The lowest BCUT2D eigenvalue weighted by molar-refractivity contribution is 0.430. The molecule has 3 heteroatoms. The second kappa shape index (κ2) is 2.95. The molecule has 3 N–H and O–H groups in total. The van der Waals surface area contributed by atoms with Gasteiger partial charge in [0.2, 0.25) is 0 Å². The highest BCUT2D eigenvalue weighted by Crippen LogP contribution is 2.49. The van der Waals surface area contributed by atoms with Gasteiger partial charge >= 0.3 is 0 Å². The lowest BCUT2D eigenvalue weighted by Gasteiger charge is -2.16. The van der Waals surface area contributed by atoms with Crippen molar-refractivity contribution < 1.29 is 9.50 Å². The second-order valence-corrected chi connectivity index (χ2v) is 4.10. The Balaban J connectivity index is 2.49. The molecule has 0 spiro atoms. The Morgan fingerprint density at radius 2 is 2.14 bits per heavy atom. The van der Waals surface area contributed by atoms with Crippen molar-refractivity contribution in [2.75, 3.05) is 6.54 Å². The van der Waals surface area contributed by atoms with Crippen LogP contribution in [0.3, 0.4) is 0 Å². The van der Waals surface area contributed by atoms with E-state index in [1.807, 2.05) is 6.92 Å². The minimum Gasteiger partial charge on any atom is -0.505 e. The molecule has 0 unspecified atom stereocenters. The molecule has 0 aromatic heterocycles. The maximum absolute atomic E-state index is 13.2. The van der Waals surface area contributed by atoms with Crippen molar-refractivity contribution in [1.29, 1.82) is 0 Å². The molecule has 1 aliphatic carbocycles. The Kier molecular flexibility index (Phi) is 2.00.